The average Bonchev–Trinajstić information content (AvgIpc) is 3.08. The predicted octanol–water partition coefficient (Wildman–Crippen LogP) is 0.221. The van der Waals surface area contributed by atoms with Gasteiger partial charge in [-0.15, -0.1) is 0 Å². The Morgan fingerprint density at radius 1 is 1.55 bits per heavy atom. The monoisotopic (exact) mass is 307 g/mol. The molecule has 7 heteroatoms. The molecule has 0 aromatic carbocycles. The number of ether oxygens (including phenoxy) is 1. The van der Waals surface area contributed by atoms with Crippen molar-refractivity contribution in [3.05, 3.63) is 17.5 Å². The molecule has 0 aliphatic carbocycles. The van der Waals surface area contributed by atoms with Crippen LogP contribution in [0.3, 0.4) is 0 Å². The third kappa shape index (κ3) is 2.39. The van der Waals surface area contributed by atoms with Crippen molar-refractivity contribution in [3.8, 4) is 0 Å². The van der Waals surface area contributed by atoms with Gasteiger partial charge in [0, 0.05) is 38.7 Å². The van der Waals surface area contributed by atoms with Crippen LogP contribution in [0.15, 0.2) is 6.20 Å². The minimum atomic E-state index is -0.903. The van der Waals surface area contributed by atoms with Crippen molar-refractivity contribution in [3.63, 3.8) is 0 Å². The van der Waals surface area contributed by atoms with E-state index in [9.17, 15) is 14.7 Å². The molecule has 22 heavy (non-hydrogen) atoms. The summed E-state index contributed by atoms with van der Waals surface area (Å²) in [4.78, 5) is 25.7. The van der Waals surface area contributed by atoms with E-state index in [2.05, 4.69) is 5.10 Å². The molecule has 1 aromatic rings. The summed E-state index contributed by atoms with van der Waals surface area (Å²) in [5, 5.41) is 13.8. The van der Waals surface area contributed by atoms with Gasteiger partial charge in [0.15, 0.2) is 0 Å². The summed E-state index contributed by atoms with van der Waals surface area (Å²) in [6, 6.07) is 0. The van der Waals surface area contributed by atoms with Gasteiger partial charge in [0.2, 0.25) is 5.91 Å². The fraction of sp³-hybridized carbons (Fsp3) is 0.667. The summed E-state index contributed by atoms with van der Waals surface area (Å²) in [5.74, 6) is -0.930. The molecule has 2 aliphatic heterocycles. The normalized spacial score (nSPS) is 27.2. The Labute approximate surface area is 128 Å². The SMILES string of the molecule is Cc1nn(C)cc1CCC(=O)N1C[C@@H]2COC[C@]2(C(=O)O)C1. The smallest absolute Gasteiger partial charge is 0.314 e. The van der Waals surface area contributed by atoms with Crippen LogP contribution >= 0.6 is 0 Å². The fourth-order valence-electron chi connectivity index (χ4n) is 3.52. The number of carboxylic acids is 1. The van der Waals surface area contributed by atoms with Gasteiger partial charge in [0.25, 0.3) is 0 Å². The maximum atomic E-state index is 12.4. The van der Waals surface area contributed by atoms with Gasteiger partial charge in [-0.2, -0.15) is 5.10 Å². The number of likely N-dealkylation sites (tertiary alicyclic amines) is 1. The number of hydrogen-bond donors (Lipinski definition) is 1. The lowest BCUT2D eigenvalue weighted by Crippen LogP contribution is -2.40. The van der Waals surface area contributed by atoms with E-state index in [1.165, 1.54) is 0 Å². The second kappa shape index (κ2) is 5.39. The highest BCUT2D eigenvalue weighted by molar-refractivity contribution is 5.81. The molecular weight excluding hydrogens is 286 g/mol. The number of fused-ring (bicyclic) bond motifs is 1. The summed E-state index contributed by atoms with van der Waals surface area (Å²) < 4.78 is 7.06. The second-order valence-electron chi connectivity index (χ2n) is 6.36. The third-order valence-corrected chi connectivity index (χ3v) is 4.88. The van der Waals surface area contributed by atoms with Crippen LogP contribution in [0.1, 0.15) is 17.7 Å². The van der Waals surface area contributed by atoms with Crippen LogP contribution in [0.25, 0.3) is 0 Å². The van der Waals surface area contributed by atoms with E-state index in [0.29, 0.717) is 26.0 Å². The predicted molar refractivity (Wildman–Crippen MR) is 77.2 cm³/mol. The molecule has 3 heterocycles. The quantitative estimate of drug-likeness (QED) is 0.860. The number of aliphatic carboxylic acids is 1. The Morgan fingerprint density at radius 3 is 2.91 bits per heavy atom. The van der Waals surface area contributed by atoms with Gasteiger partial charge in [-0.25, -0.2) is 0 Å². The van der Waals surface area contributed by atoms with E-state index < -0.39 is 11.4 Å². The van der Waals surface area contributed by atoms with Crippen LogP contribution in [0.4, 0.5) is 0 Å². The molecule has 2 fully saturated rings. The van der Waals surface area contributed by atoms with Crippen molar-refractivity contribution in [2.24, 2.45) is 18.4 Å². The maximum Gasteiger partial charge on any atom is 0.314 e. The number of hydrogen-bond acceptors (Lipinski definition) is 4. The number of carbonyl (C=O) groups is 2. The Morgan fingerprint density at radius 2 is 2.32 bits per heavy atom. The van der Waals surface area contributed by atoms with Crippen LogP contribution in [-0.2, 0) is 27.8 Å². The number of aryl methyl sites for hydroxylation is 3. The van der Waals surface area contributed by atoms with Crippen molar-refractivity contribution in [2.75, 3.05) is 26.3 Å². The molecule has 2 aliphatic rings. The van der Waals surface area contributed by atoms with E-state index in [4.69, 9.17) is 4.74 Å². The first-order valence-corrected chi connectivity index (χ1v) is 7.50. The van der Waals surface area contributed by atoms with Crippen LogP contribution in [-0.4, -0.2) is 58.0 Å². The summed E-state index contributed by atoms with van der Waals surface area (Å²) in [7, 11) is 1.86. The highest BCUT2D eigenvalue weighted by Crippen LogP contribution is 2.41. The first-order chi connectivity index (χ1) is 10.4. The molecule has 0 unspecified atom stereocenters. The van der Waals surface area contributed by atoms with E-state index in [-0.39, 0.29) is 25.0 Å². The molecule has 0 saturated carbocycles. The molecule has 0 bridgehead atoms. The number of carbonyl (C=O) groups excluding carboxylic acids is 1. The van der Waals surface area contributed by atoms with E-state index >= 15 is 0 Å². The molecule has 120 valence electrons. The Balaban J connectivity index is 1.62. The number of carboxylic acid groups (broad SMARTS) is 1. The van der Waals surface area contributed by atoms with E-state index in [0.717, 1.165) is 11.3 Å². The van der Waals surface area contributed by atoms with Gasteiger partial charge in [-0.1, -0.05) is 0 Å². The van der Waals surface area contributed by atoms with Crippen molar-refractivity contribution in [1.29, 1.82) is 0 Å². The first kappa shape index (κ1) is 15.0. The standard InChI is InChI=1S/C15H21N3O4/c1-10-11(5-17(2)16-10)3-4-13(19)18-6-12-7-22-9-15(12,8-18)14(20)21/h5,12H,3-4,6-9H2,1-2H3,(H,20,21)/t12-,15-/m1/s1. The number of rotatable bonds is 4. The Bertz CT molecular complexity index is 612. The van der Waals surface area contributed by atoms with Crippen LogP contribution in [0.5, 0.6) is 0 Å². The van der Waals surface area contributed by atoms with E-state index in [1.54, 1.807) is 9.58 Å². The van der Waals surface area contributed by atoms with Crippen LogP contribution in [0, 0.1) is 18.3 Å². The van der Waals surface area contributed by atoms with Crippen molar-refractivity contribution >= 4 is 11.9 Å². The fourth-order valence-corrected chi connectivity index (χ4v) is 3.52. The minimum absolute atomic E-state index is 0.0123. The second-order valence-corrected chi connectivity index (χ2v) is 6.36. The highest BCUT2D eigenvalue weighted by atomic mass is 16.5. The molecule has 3 rings (SSSR count). The topological polar surface area (TPSA) is 84.7 Å². The van der Waals surface area contributed by atoms with Gasteiger partial charge >= 0.3 is 5.97 Å². The Kier molecular flexibility index (Phi) is 3.68. The minimum Gasteiger partial charge on any atom is -0.481 e. The van der Waals surface area contributed by atoms with Gasteiger partial charge in [-0.3, -0.25) is 14.3 Å². The zero-order valence-corrected chi connectivity index (χ0v) is 12.9. The lowest BCUT2D eigenvalue weighted by atomic mass is 9.81. The van der Waals surface area contributed by atoms with Crippen molar-refractivity contribution in [1.82, 2.24) is 14.7 Å². The van der Waals surface area contributed by atoms with Crippen molar-refractivity contribution < 1.29 is 19.4 Å². The maximum absolute atomic E-state index is 12.4. The zero-order chi connectivity index (χ0) is 15.9. The van der Waals surface area contributed by atoms with Crippen LogP contribution in [0.2, 0.25) is 0 Å². The first-order valence-electron chi connectivity index (χ1n) is 7.50. The lowest BCUT2D eigenvalue weighted by molar-refractivity contribution is -0.149. The molecule has 1 N–H and O–H groups in total. The largest absolute Gasteiger partial charge is 0.481 e. The molecule has 7 nitrogen and oxygen atoms in total. The van der Waals surface area contributed by atoms with E-state index in [1.807, 2.05) is 20.2 Å². The third-order valence-electron chi connectivity index (χ3n) is 4.88. The van der Waals surface area contributed by atoms with Gasteiger partial charge in [-0.05, 0) is 18.9 Å². The Hall–Kier alpha value is -1.89. The average molecular weight is 307 g/mol. The molecule has 2 saturated heterocycles. The highest BCUT2D eigenvalue weighted by Gasteiger charge is 2.57. The summed E-state index contributed by atoms with van der Waals surface area (Å²) in [6.45, 7) is 3.31. The van der Waals surface area contributed by atoms with Crippen molar-refractivity contribution in [2.45, 2.75) is 19.8 Å². The number of nitrogens with zero attached hydrogens (tertiary/aromatic N) is 3. The van der Waals surface area contributed by atoms with Gasteiger partial charge in [0.1, 0.15) is 5.41 Å². The summed E-state index contributed by atoms with van der Waals surface area (Å²) in [5.41, 5.74) is 1.09. The van der Waals surface area contributed by atoms with Gasteiger partial charge < -0.3 is 14.7 Å². The number of aromatic nitrogens is 2. The lowest BCUT2D eigenvalue weighted by Gasteiger charge is -2.22. The molecule has 1 amide bonds. The molecule has 0 radical (unpaired) electrons. The number of amides is 1. The molecule has 0 spiro atoms. The molecule has 2 atom stereocenters. The zero-order valence-electron chi connectivity index (χ0n) is 12.9. The molecular formula is C15H21N3O4. The summed E-state index contributed by atoms with van der Waals surface area (Å²) >= 11 is 0. The summed E-state index contributed by atoms with van der Waals surface area (Å²) in [6.07, 6.45) is 2.94. The van der Waals surface area contributed by atoms with Crippen LogP contribution < -0.4 is 0 Å². The molecule has 1 aromatic heterocycles. The van der Waals surface area contributed by atoms with Gasteiger partial charge in [0.05, 0.1) is 18.9 Å².